The molecule has 3 heterocycles. The number of rotatable bonds is 7. The van der Waals surface area contributed by atoms with Crippen LogP contribution in [-0.4, -0.2) is 39.6 Å². The zero-order valence-electron chi connectivity index (χ0n) is 18.8. The number of benzene rings is 1. The van der Waals surface area contributed by atoms with E-state index >= 15 is 0 Å². The lowest BCUT2D eigenvalue weighted by Gasteiger charge is -2.29. The van der Waals surface area contributed by atoms with Crippen LogP contribution in [0.1, 0.15) is 77.5 Å². The lowest BCUT2D eigenvalue weighted by molar-refractivity contribution is -0.136. The van der Waals surface area contributed by atoms with Crippen molar-refractivity contribution in [3.05, 3.63) is 65.0 Å². The van der Waals surface area contributed by atoms with Crippen molar-refractivity contribution in [2.24, 2.45) is 5.92 Å². The highest BCUT2D eigenvalue weighted by atomic mass is 16.2. The van der Waals surface area contributed by atoms with Gasteiger partial charge in [-0.1, -0.05) is 32.8 Å². The Morgan fingerprint density at radius 1 is 1.18 bits per heavy atom. The first-order valence-electron chi connectivity index (χ1n) is 11.4. The summed E-state index contributed by atoms with van der Waals surface area (Å²) in [4.78, 5) is 55.7. The van der Waals surface area contributed by atoms with Crippen molar-refractivity contribution in [2.75, 3.05) is 0 Å². The summed E-state index contributed by atoms with van der Waals surface area (Å²) in [5, 5.41) is 5.44. The van der Waals surface area contributed by atoms with Gasteiger partial charge in [-0.2, -0.15) is 0 Å². The Balaban J connectivity index is 1.53. The molecular weight excluding hydrogens is 420 g/mol. The Morgan fingerprint density at radius 3 is 2.64 bits per heavy atom. The molecule has 2 atom stereocenters. The molecule has 2 aliphatic heterocycles. The third-order valence-electron chi connectivity index (χ3n) is 6.60. The molecule has 2 aromatic rings. The van der Waals surface area contributed by atoms with Gasteiger partial charge in [-0.05, 0) is 48.2 Å². The number of imide groups is 1. The summed E-state index contributed by atoms with van der Waals surface area (Å²) in [7, 11) is 0. The minimum atomic E-state index is -0.678. The molecule has 0 bridgehead atoms. The molecule has 1 aromatic carbocycles. The molecule has 1 saturated heterocycles. The number of hydrogen-bond acceptors (Lipinski definition) is 5. The molecule has 0 saturated carbocycles. The molecule has 0 aliphatic carbocycles. The van der Waals surface area contributed by atoms with E-state index in [-0.39, 0.29) is 42.6 Å². The van der Waals surface area contributed by atoms with Crippen LogP contribution >= 0.6 is 0 Å². The topological polar surface area (TPSA) is 108 Å². The van der Waals surface area contributed by atoms with Crippen molar-refractivity contribution >= 4 is 23.6 Å². The number of carbonyl (C=O) groups is 4. The highest BCUT2D eigenvalue weighted by molar-refractivity contribution is 6.06. The predicted octanol–water partition coefficient (Wildman–Crippen LogP) is 2.75. The number of fused-ring (bicyclic) bond motifs is 1. The van der Waals surface area contributed by atoms with Gasteiger partial charge >= 0.3 is 0 Å². The zero-order chi connectivity index (χ0) is 23.5. The van der Waals surface area contributed by atoms with Crippen LogP contribution in [0.25, 0.3) is 0 Å². The average molecular weight is 449 g/mol. The van der Waals surface area contributed by atoms with Crippen molar-refractivity contribution in [1.29, 1.82) is 0 Å². The summed E-state index contributed by atoms with van der Waals surface area (Å²) in [6.07, 6.45) is 4.03. The first-order chi connectivity index (χ1) is 15.9. The number of pyridine rings is 1. The van der Waals surface area contributed by atoms with Crippen LogP contribution in [-0.2, 0) is 16.1 Å². The van der Waals surface area contributed by atoms with E-state index in [0.717, 1.165) is 18.5 Å². The number of aromatic nitrogens is 1. The Labute approximate surface area is 192 Å². The molecule has 33 heavy (non-hydrogen) atoms. The maximum absolute atomic E-state index is 13.2. The number of carbonyl (C=O) groups excluding carboxylic acids is 4. The van der Waals surface area contributed by atoms with E-state index in [2.05, 4.69) is 29.5 Å². The predicted molar refractivity (Wildman–Crippen MR) is 121 cm³/mol. The first kappa shape index (κ1) is 22.6. The third kappa shape index (κ3) is 4.51. The number of piperidine rings is 1. The average Bonchev–Trinajstić information content (AvgIpc) is 3.15. The van der Waals surface area contributed by atoms with Crippen LogP contribution in [0.2, 0.25) is 0 Å². The van der Waals surface area contributed by atoms with E-state index in [1.807, 2.05) is 18.2 Å². The standard InChI is InChI=1S/C25H28N4O4/c1-3-15(4-2)22(19-7-5-6-12-26-19)28-23(31)16-8-9-18-17(13-16)14-29(25(18)33)20-10-11-21(30)27-24(20)32/h5-9,12-13,15,20,22H,3-4,10-11,14H2,1-2H3,(H,28,31)(H,27,30,32)/t20?,22-/m0/s1. The molecular formula is C25H28N4O4. The molecule has 1 fully saturated rings. The fourth-order valence-electron chi connectivity index (χ4n) is 4.69. The van der Waals surface area contributed by atoms with Gasteiger partial charge in [0.25, 0.3) is 11.8 Å². The van der Waals surface area contributed by atoms with Crippen molar-refractivity contribution in [3.63, 3.8) is 0 Å². The molecule has 172 valence electrons. The lowest BCUT2D eigenvalue weighted by atomic mass is 9.91. The second-order valence-corrected chi connectivity index (χ2v) is 8.55. The SMILES string of the molecule is CCC(CC)[C@H](NC(=O)c1ccc2c(c1)CN(C1CCC(=O)NC1=O)C2=O)c1ccccn1. The van der Waals surface area contributed by atoms with Gasteiger partial charge in [-0.3, -0.25) is 29.5 Å². The summed E-state index contributed by atoms with van der Waals surface area (Å²) in [6.45, 7) is 4.43. The molecule has 0 spiro atoms. The fraction of sp³-hybridized carbons (Fsp3) is 0.400. The molecule has 0 radical (unpaired) electrons. The number of nitrogens with one attached hydrogen (secondary N) is 2. The highest BCUT2D eigenvalue weighted by Gasteiger charge is 2.39. The monoisotopic (exact) mass is 448 g/mol. The van der Waals surface area contributed by atoms with Crippen LogP contribution in [0.3, 0.4) is 0 Å². The van der Waals surface area contributed by atoms with Gasteiger partial charge < -0.3 is 10.2 Å². The van der Waals surface area contributed by atoms with Gasteiger partial charge in [0.15, 0.2) is 0 Å². The summed E-state index contributed by atoms with van der Waals surface area (Å²) < 4.78 is 0. The van der Waals surface area contributed by atoms with Gasteiger partial charge in [-0.15, -0.1) is 0 Å². The molecule has 4 rings (SSSR count). The molecule has 2 N–H and O–H groups in total. The van der Waals surface area contributed by atoms with Crippen LogP contribution < -0.4 is 10.6 Å². The summed E-state index contributed by atoms with van der Waals surface area (Å²) >= 11 is 0. The molecule has 8 heteroatoms. The van der Waals surface area contributed by atoms with Crippen LogP contribution in [0.4, 0.5) is 0 Å². The molecule has 2 aliphatic rings. The van der Waals surface area contributed by atoms with E-state index in [1.54, 1.807) is 24.4 Å². The number of amides is 4. The van der Waals surface area contributed by atoms with Crippen molar-refractivity contribution < 1.29 is 19.2 Å². The van der Waals surface area contributed by atoms with Gasteiger partial charge in [0, 0.05) is 30.3 Å². The fourth-order valence-corrected chi connectivity index (χ4v) is 4.69. The molecule has 1 unspecified atom stereocenters. The van der Waals surface area contributed by atoms with Gasteiger partial charge in [0.1, 0.15) is 6.04 Å². The summed E-state index contributed by atoms with van der Waals surface area (Å²) in [5.41, 5.74) is 2.46. The minimum Gasteiger partial charge on any atom is -0.343 e. The van der Waals surface area contributed by atoms with Crippen LogP contribution in [0.5, 0.6) is 0 Å². The van der Waals surface area contributed by atoms with Gasteiger partial charge in [0.2, 0.25) is 11.8 Å². The van der Waals surface area contributed by atoms with E-state index in [9.17, 15) is 19.2 Å². The van der Waals surface area contributed by atoms with Gasteiger partial charge in [-0.25, -0.2) is 0 Å². The Kier molecular flexibility index (Phi) is 6.53. The highest BCUT2D eigenvalue weighted by Crippen LogP contribution is 2.30. The van der Waals surface area contributed by atoms with Crippen LogP contribution in [0.15, 0.2) is 42.6 Å². The Morgan fingerprint density at radius 2 is 1.97 bits per heavy atom. The normalized spacial score (nSPS) is 18.8. The molecule has 1 aromatic heterocycles. The van der Waals surface area contributed by atoms with Crippen molar-refractivity contribution in [1.82, 2.24) is 20.5 Å². The second-order valence-electron chi connectivity index (χ2n) is 8.55. The second kappa shape index (κ2) is 9.52. The smallest absolute Gasteiger partial charge is 0.255 e. The quantitative estimate of drug-likeness (QED) is 0.633. The number of hydrogen-bond donors (Lipinski definition) is 2. The maximum Gasteiger partial charge on any atom is 0.255 e. The van der Waals surface area contributed by atoms with E-state index in [1.165, 1.54) is 4.90 Å². The molecule has 8 nitrogen and oxygen atoms in total. The maximum atomic E-state index is 13.2. The van der Waals surface area contributed by atoms with Crippen LogP contribution in [0, 0.1) is 5.92 Å². The third-order valence-corrected chi connectivity index (χ3v) is 6.60. The summed E-state index contributed by atoms with van der Waals surface area (Å²) in [6, 6.07) is 9.79. The largest absolute Gasteiger partial charge is 0.343 e. The Bertz CT molecular complexity index is 1080. The van der Waals surface area contributed by atoms with E-state index in [4.69, 9.17) is 0 Å². The van der Waals surface area contributed by atoms with E-state index < -0.39 is 11.9 Å². The zero-order valence-corrected chi connectivity index (χ0v) is 18.8. The van der Waals surface area contributed by atoms with Gasteiger partial charge in [0.05, 0.1) is 11.7 Å². The first-order valence-corrected chi connectivity index (χ1v) is 11.4. The summed E-state index contributed by atoms with van der Waals surface area (Å²) in [5.74, 6) is -1.02. The minimum absolute atomic E-state index is 0.203. The Hall–Kier alpha value is -3.55. The van der Waals surface area contributed by atoms with E-state index in [0.29, 0.717) is 23.1 Å². The molecule has 4 amide bonds. The van der Waals surface area contributed by atoms with Crippen molar-refractivity contribution in [3.8, 4) is 0 Å². The lowest BCUT2D eigenvalue weighted by Crippen LogP contribution is -2.52. The number of nitrogens with zero attached hydrogens (tertiary/aromatic N) is 2. The van der Waals surface area contributed by atoms with Crippen molar-refractivity contribution in [2.45, 2.75) is 58.2 Å².